The van der Waals surface area contributed by atoms with Crippen LogP contribution in [0.5, 0.6) is 0 Å². The van der Waals surface area contributed by atoms with Crippen LogP contribution < -0.4 is 5.32 Å². The van der Waals surface area contributed by atoms with Gasteiger partial charge in [0, 0.05) is 13.0 Å². The van der Waals surface area contributed by atoms with Crippen molar-refractivity contribution in [2.75, 3.05) is 6.54 Å². The van der Waals surface area contributed by atoms with Gasteiger partial charge in [-0.15, -0.1) is 5.10 Å². The highest BCUT2D eigenvalue weighted by atomic mass is 35.5. The molecule has 0 aliphatic rings. The van der Waals surface area contributed by atoms with Gasteiger partial charge in [0.25, 0.3) is 0 Å². The first-order chi connectivity index (χ1) is 9.71. The van der Waals surface area contributed by atoms with Crippen molar-refractivity contribution in [2.45, 2.75) is 46.2 Å². The fraction of sp³-hybridized carbons (Fsp3) is 0.615. The fourth-order valence-corrected chi connectivity index (χ4v) is 3.18. The van der Waals surface area contributed by atoms with Crippen molar-refractivity contribution in [3.8, 4) is 0 Å². The van der Waals surface area contributed by atoms with Gasteiger partial charge in [-0.1, -0.05) is 29.9 Å². The minimum atomic E-state index is 0.184. The normalized spacial score (nSPS) is 12.8. The molecule has 0 bridgehead atoms. The molecule has 1 N–H and O–H groups in total. The molecule has 5 nitrogen and oxygen atoms in total. The number of aryl methyl sites for hydroxylation is 2. The lowest BCUT2D eigenvalue weighted by Gasteiger charge is -2.16. The molecular formula is C13H20ClN5S. The molecule has 0 aromatic carbocycles. The summed E-state index contributed by atoms with van der Waals surface area (Å²) in [6, 6.07) is 0.184. The van der Waals surface area contributed by atoms with Crippen LogP contribution in [0.25, 0.3) is 0 Å². The third-order valence-corrected chi connectivity index (χ3v) is 4.48. The van der Waals surface area contributed by atoms with Crippen molar-refractivity contribution in [1.82, 2.24) is 24.7 Å². The van der Waals surface area contributed by atoms with Crippen LogP contribution in [0.15, 0.2) is 6.20 Å². The number of likely N-dealkylation sites (N-methyl/N-ethyl adjacent to an activating group) is 1. The van der Waals surface area contributed by atoms with E-state index in [0.29, 0.717) is 0 Å². The standard InChI is InChI=1S/C13H20ClN5S/c1-4-9-13(14)11(19(6-3)17-9)7-10(15-5-2)12-8-16-18-20-12/h8,10,15H,4-7H2,1-3H3. The molecule has 0 aliphatic carbocycles. The molecule has 2 rings (SSSR count). The highest BCUT2D eigenvalue weighted by Crippen LogP contribution is 2.27. The van der Waals surface area contributed by atoms with Crippen molar-refractivity contribution in [3.05, 3.63) is 27.5 Å². The van der Waals surface area contributed by atoms with Crippen molar-refractivity contribution in [2.24, 2.45) is 0 Å². The Kier molecular flexibility index (Phi) is 5.51. The molecule has 2 aromatic heterocycles. The minimum absolute atomic E-state index is 0.184. The fourth-order valence-electron chi connectivity index (χ4n) is 2.25. The Morgan fingerprint density at radius 3 is 2.75 bits per heavy atom. The second kappa shape index (κ2) is 7.15. The average molecular weight is 314 g/mol. The summed E-state index contributed by atoms with van der Waals surface area (Å²) in [6.45, 7) is 7.98. The lowest BCUT2D eigenvalue weighted by molar-refractivity contribution is 0.521. The Hall–Kier alpha value is -0.980. The predicted molar refractivity (Wildman–Crippen MR) is 82.3 cm³/mol. The molecule has 0 saturated heterocycles. The van der Waals surface area contributed by atoms with Crippen molar-refractivity contribution >= 4 is 23.1 Å². The van der Waals surface area contributed by atoms with Gasteiger partial charge in [-0.2, -0.15) is 5.10 Å². The van der Waals surface area contributed by atoms with Gasteiger partial charge in [0.1, 0.15) is 0 Å². The summed E-state index contributed by atoms with van der Waals surface area (Å²) in [7, 11) is 0. The van der Waals surface area contributed by atoms with Crippen LogP contribution >= 0.6 is 23.1 Å². The molecule has 20 heavy (non-hydrogen) atoms. The lowest BCUT2D eigenvalue weighted by Crippen LogP contribution is -2.23. The quantitative estimate of drug-likeness (QED) is 0.854. The van der Waals surface area contributed by atoms with Crippen LogP contribution in [0.2, 0.25) is 5.02 Å². The van der Waals surface area contributed by atoms with E-state index in [1.165, 1.54) is 11.5 Å². The van der Waals surface area contributed by atoms with Gasteiger partial charge in [-0.3, -0.25) is 4.68 Å². The zero-order valence-corrected chi connectivity index (χ0v) is 13.6. The third kappa shape index (κ3) is 3.19. The maximum Gasteiger partial charge on any atom is 0.0850 e. The molecule has 110 valence electrons. The Morgan fingerprint density at radius 1 is 1.40 bits per heavy atom. The highest BCUT2D eigenvalue weighted by molar-refractivity contribution is 7.05. The molecule has 0 spiro atoms. The molecule has 2 aromatic rings. The molecule has 2 heterocycles. The minimum Gasteiger partial charge on any atom is -0.309 e. The van der Waals surface area contributed by atoms with Crippen LogP contribution in [0, 0.1) is 0 Å². The number of rotatable bonds is 7. The van der Waals surface area contributed by atoms with Gasteiger partial charge in [0.2, 0.25) is 0 Å². The molecule has 0 saturated carbocycles. The van der Waals surface area contributed by atoms with Gasteiger partial charge in [-0.25, -0.2) is 0 Å². The molecule has 0 radical (unpaired) electrons. The van der Waals surface area contributed by atoms with E-state index >= 15 is 0 Å². The van der Waals surface area contributed by atoms with Crippen LogP contribution in [0.1, 0.15) is 43.1 Å². The molecule has 0 fully saturated rings. The number of aromatic nitrogens is 4. The summed E-state index contributed by atoms with van der Waals surface area (Å²) in [4.78, 5) is 1.13. The highest BCUT2D eigenvalue weighted by Gasteiger charge is 2.20. The number of hydrogen-bond donors (Lipinski definition) is 1. The van der Waals surface area contributed by atoms with Gasteiger partial charge in [0.05, 0.1) is 33.5 Å². The lowest BCUT2D eigenvalue weighted by atomic mass is 10.1. The second-order valence-electron chi connectivity index (χ2n) is 4.51. The van der Waals surface area contributed by atoms with Crippen molar-refractivity contribution < 1.29 is 0 Å². The van der Waals surface area contributed by atoms with E-state index in [1.807, 2.05) is 10.9 Å². The molecular weight excluding hydrogens is 294 g/mol. The average Bonchev–Trinajstić information content (AvgIpc) is 3.07. The smallest absolute Gasteiger partial charge is 0.0850 e. The molecule has 1 atom stereocenters. The van der Waals surface area contributed by atoms with Gasteiger partial charge in [0.15, 0.2) is 0 Å². The second-order valence-corrected chi connectivity index (χ2v) is 5.71. The Balaban J connectivity index is 2.28. The van der Waals surface area contributed by atoms with Crippen LogP contribution in [-0.2, 0) is 19.4 Å². The molecule has 1 unspecified atom stereocenters. The SMILES string of the molecule is CCNC(Cc1c(Cl)c(CC)nn1CC)c1cnns1. The summed E-state index contributed by atoms with van der Waals surface area (Å²) in [6.07, 6.45) is 3.48. The van der Waals surface area contributed by atoms with E-state index in [-0.39, 0.29) is 6.04 Å². The monoisotopic (exact) mass is 313 g/mol. The topological polar surface area (TPSA) is 55.6 Å². The summed E-state index contributed by atoms with van der Waals surface area (Å²) >= 11 is 7.90. The van der Waals surface area contributed by atoms with E-state index in [9.17, 15) is 0 Å². The maximum absolute atomic E-state index is 6.48. The number of hydrogen-bond acceptors (Lipinski definition) is 5. The van der Waals surface area contributed by atoms with Gasteiger partial charge in [-0.05, 0) is 31.4 Å². The van der Waals surface area contributed by atoms with E-state index in [0.717, 1.165) is 47.2 Å². The first-order valence-corrected chi connectivity index (χ1v) is 8.10. The van der Waals surface area contributed by atoms with Gasteiger partial charge >= 0.3 is 0 Å². The Labute approximate surface area is 128 Å². The van der Waals surface area contributed by atoms with E-state index in [2.05, 4.69) is 40.8 Å². The molecule has 7 heteroatoms. The summed E-state index contributed by atoms with van der Waals surface area (Å²) in [5.41, 5.74) is 2.06. The Morgan fingerprint density at radius 2 is 2.20 bits per heavy atom. The van der Waals surface area contributed by atoms with Crippen LogP contribution in [-0.4, -0.2) is 25.9 Å². The number of nitrogens with one attached hydrogen (secondary N) is 1. The van der Waals surface area contributed by atoms with Crippen molar-refractivity contribution in [3.63, 3.8) is 0 Å². The van der Waals surface area contributed by atoms with E-state index in [1.54, 1.807) is 0 Å². The number of nitrogens with zero attached hydrogens (tertiary/aromatic N) is 4. The first kappa shape index (κ1) is 15.4. The van der Waals surface area contributed by atoms with Crippen molar-refractivity contribution in [1.29, 1.82) is 0 Å². The third-order valence-electron chi connectivity index (χ3n) is 3.26. The first-order valence-electron chi connectivity index (χ1n) is 6.95. The Bertz CT molecular complexity index is 537. The number of halogens is 1. The van der Waals surface area contributed by atoms with E-state index < -0.39 is 0 Å². The van der Waals surface area contributed by atoms with Crippen LogP contribution in [0.3, 0.4) is 0 Å². The molecule has 0 amide bonds. The van der Waals surface area contributed by atoms with E-state index in [4.69, 9.17) is 11.6 Å². The van der Waals surface area contributed by atoms with Crippen LogP contribution in [0.4, 0.5) is 0 Å². The zero-order chi connectivity index (χ0) is 14.5. The van der Waals surface area contributed by atoms with Gasteiger partial charge < -0.3 is 5.32 Å². The zero-order valence-electron chi connectivity index (χ0n) is 12.1. The predicted octanol–water partition coefficient (Wildman–Crippen LogP) is 2.86. The summed E-state index contributed by atoms with van der Waals surface area (Å²) in [5.74, 6) is 0. The summed E-state index contributed by atoms with van der Waals surface area (Å²) < 4.78 is 5.95. The molecule has 0 aliphatic heterocycles. The maximum atomic E-state index is 6.48. The largest absolute Gasteiger partial charge is 0.309 e. The summed E-state index contributed by atoms with van der Waals surface area (Å²) in [5, 5.41) is 12.8.